The third-order valence-corrected chi connectivity index (χ3v) is 3.27. The zero-order valence-electron chi connectivity index (χ0n) is 9.43. The summed E-state index contributed by atoms with van der Waals surface area (Å²) in [7, 11) is 0. The molecule has 0 saturated carbocycles. The summed E-state index contributed by atoms with van der Waals surface area (Å²) in [5.74, 6) is 0.371. The van der Waals surface area contributed by atoms with E-state index in [1.54, 1.807) is 0 Å². The number of benzene rings is 1. The summed E-state index contributed by atoms with van der Waals surface area (Å²) in [6.07, 6.45) is 0.806. The van der Waals surface area contributed by atoms with Crippen LogP contribution in [-0.4, -0.2) is 24.3 Å². The standard InChI is InChI=1S/C13H16N2O/c1-10(16)12-6-7-15(9-12)13-4-2-11(8-14)3-5-13/h2-5,10,12,16H,6-7,9H2,1H3. The Balaban J connectivity index is 2.06. The van der Waals surface area contributed by atoms with Crippen LogP contribution < -0.4 is 4.90 Å². The first-order valence-electron chi connectivity index (χ1n) is 5.64. The molecule has 1 heterocycles. The highest BCUT2D eigenvalue weighted by Crippen LogP contribution is 2.25. The van der Waals surface area contributed by atoms with Crippen LogP contribution in [0.2, 0.25) is 0 Å². The molecule has 0 amide bonds. The highest BCUT2D eigenvalue weighted by atomic mass is 16.3. The van der Waals surface area contributed by atoms with Crippen molar-refractivity contribution < 1.29 is 5.11 Å². The SMILES string of the molecule is CC(O)C1CCN(c2ccc(C#N)cc2)C1. The first kappa shape index (κ1) is 11.0. The molecule has 2 rings (SSSR count). The Morgan fingerprint density at radius 3 is 2.62 bits per heavy atom. The van der Waals surface area contributed by atoms with Crippen molar-refractivity contribution in [1.82, 2.24) is 0 Å². The Kier molecular flexibility index (Phi) is 3.12. The summed E-state index contributed by atoms with van der Waals surface area (Å²) in [6, 6.07) is 9.74. The lowest BCUT2D eigenvalue weighted by Gasteiger charge is -2.19. The van der Waals surface area contributed by atoms with Gasteiger partial charge in [-0.2, -0.15) is 5.26 Å². The first-order chi connectivity index (χ1) is 7.70. The van der Waals surface area contributed by atoms with Crippen LogP contribution in [0.5, 0.6) is 0 Å². The number of nitrogens with zero attached hydrogens (tertiary/aromatic N) is 2. The molecule has 1 saturated heterocycles. The number of anilines is 1. The van der Waals surface area contributed by atoms with Gasteiger partial charge in [0.05, 0.1) is 17.7 Å². The van der Waals surface area contributed by atoms with Crippen LogP contribution >= 0.6 is 0 Å². The van der Waals surface area contributed by atoms with Crippen molar-refractivity contribution in [1.29, 1.82) is 5.26 Å². The van der Waals surface area contributed by atoms with Crippen molar-refractivity contribution in [2.24, 2.45) is 5.92 Å². The monoisotopic (exact) mass is 216 g/mol. The summed E-state index contributed by atoms with van der Waals surface area (Å²) >= 11 is 0. The van der Waals surface area contributed by atoms with E-state index in [0.29, 0.717) is 11.5 Å². The van der Waals surface area contributed by atoms with Gasteiger partial charge in [0.1, 0.15) is 0 Å². The van der Waals surface area contributed by atoms with Crippen LogP contribution in [0.3, 0.4) is 0 Å². The molecule has 1 aliphatic rings. The summed E-state index contributed by atoms with van der Waals surface area (Å²) < 4.78 is 0. The molecular formula is C13H16N2O. The smallest absolute Gasteiger partial charge is 0.0991 e. The quantitative estimate of drug-likeness (QED) is 0.819. The van der Waals surface area contributed by atoms with Crippen molar-refractivity contribution in [3.8, 4) is 6.07 Å². The molecule has 84 valence electrons. The molecule has 16 heavy (non-hydrogen) atoms. The normalized spacial score (nSPS) is 21.8. The van der Waals surface area contributed by atoms with Crippen molar-refractivity contribution in [3.05, 3.63) is 29.8 Å². The van der Waals surface area contributed by atoms with Crippen LogP contribution in [-0.2, 0) is 0 Å². The maximum absolute atomic E-state index is 9.53. The fourth-order valence-corrected chi connectivity index (χ4v) is 2.16. The molecular weight excluding hydrogens is 200 g/mol. The molecule has 1 fully saturated rings. The minimum Gasteiger partial charge on any atom is -0.393 e. The van der Waals surface area contributed by atoms with Crippen molar-refractivity contribution in [2.45, 2.75) is 19.4 Å². The van der Waals surface area contributed by atoms with Gasteiger partial charge in [0.25, 0.3) is 0 Å². The van der Waals surface area contributed by atoms with E-state index < -0.39 is 0 Å². The summed E-state index contributed by atoms with van der Waals surface area (Å²) in [5, 5.41) is 18.2. The fraction of sp³-hybridized carbons (Fsp3) is 0.462. The molecule has 0 spiro atoms. The molecule has 1 aromatic rings. The molecule has 0 aliphatic carbocycles. The maximum Gasteiger partial charge on any atom is 0.0991 e. The van der Waals surface area contributed by atoms with Crippen LogP contribution in [0.25, 0.3) is 0 Å². The largest absolute Gasteiger partial charge is 0.393 e. The minimum absolute atomic E-state index is 0.233. The van der Waals surface area contributed by atoms with Gasteiger partial charge in [0, 0.05) is 24.7 Å². The molecule has 0 aromatic heterocycles. The summed E-state index contributed by atoms with van der Waals surface area (Å²) in [4.78, 5) is 2.26. The van der Waals surface area contributed by atoms with Gasteiger partial charge in [-0.3, -0.25) is 0 Å². The van der Waals surface area contributed by atoms with E-state index in [1.165, 1.54) is 0 Å². The zero-order chi connectivity index (χ0) is 11.5. The Bertz CT molecular complexity index is 391. The Labute approximate surface area is 95.9 Å². The second-order valence-electron chi connectivity index (χ2n) is 4.39. The predicted octanol–water partition coefficient (Wildman–Crippen LogP) is 1.77. The highest BCUT2D eigenvalue weighted by Gasteiger charge is 2.25. The topological polar surface area (TPSA) is 47.3 Å². The van der Waals surface area contributed by atoms with Crippen molar-refractivity contribution in [3.63, 3.8) is 0 Å². The first-order valence-corrected chi connectivity index (χ1v) is 5.64. The lowest BCUT2D eigenvalue weighted by Crippen LogP contribution is -2.23. The van der Waals surface area contributed by atoms with E-state index in [0.717, 1.165) is 25.2 Å². The predicted molar refractivity (Wildman–Crippen MR) is 63.2 cm³/mol. The Morgan fingerprint density at radius 2 is 2.12 bits per heavy atom. The summed E-state index contributed by atoms with van der Waals surface area (Å²) in [6.45, 7) is 3.75. The third-order valence-electron chi connectivity index (χ3n) is 3.27. The number of nitriles is 1. The van der Waals surface area contributed by atoms with Crippen LogP contribution in [0.4, 0.5) is 5.69 Å². The van der Waals surface area contributed by atoms with E-state index in [2.05, 4.69) is 11.0 Å². The van der Waals surface area contributed by atoms with Gasteiger partial charge in [-0.1, -0.05) is 0 Å². The van der Waals surface area contributed by atoms with E-state index in [1.807, 2.05) is 31.2 Å². The van der Waals surface area contributed by atoms with E-state index in [9.17, 15) is 5.11 Å². The number of hydrogen-bond donors (Lipinski definition) is 1. The minimum atomic E-state index is -0.233. The zero-order valence-corrected chi connectivity index (χ0v) is 9.43. The van der Waals surface area contributed by atoms with Gasteiger partial charge in [0.2, 0.25) is 0 Å². The van der Waals surface area contributed by atoms with E-state index in [4.69, 9.17) is 5.26 Å². The molecule has 1 aliphatic heterocycles. The second-order valence-corrected chi connectivity index (χ2v) is 4.39. The second kappa shape index (κ2) is 4.54. The lowest BCUT2D eigenvalue weighted by molar-refractivity contribution is 0.136. The van der Waals surface area contributed by atoms with Gasteiger partial charge in [-0.15, -0.1) is 0 Å². The van der Waals surface area contributed by atoms with E-state index >= 15 is 0 Å². The molecule has 2 unspecified atom stereocenters. The van der Waals surface area contributed by atoms with Gasteiger partial charge >= 0.3 is 0 Å². The number of hydrogen-bond acceptors (Lipinski definition) is 3. The van der Waals surface area contributed by atoms with Crippen LogP contribution in [0.15, 0.2) is 24.3 Å². The molecule has 2 atom stereocenters. The Hall–Kier alpha value is -1.53. The van der Waals surface area contributed by atoms with Crippen LogP contribution in [0.1, 0.15) is 18.9 Å². The van der Waals surface area contributed by atoms with Gasteiger partial charge in [0.15, 0.2) is 0 Å². The number of aliphatic hydroxyl groups is 1. The highest BCUT2D eigenvalue weighted by molar-refractivity contribution is 5.50. The van der Waals surface area contributed by atoms with Gasteiger partial charge in [-0.25, -0.2) is 0 Å². The third kappa shape index (κ3) is 2.17. The maximum atomic E-state index is 9.53. The van der Waals surface area contributed by atoms with Gasteiger partial charge < -0.3 is 10.0 Å². The molecule has 3 nitrogen and oxygen atoms in total. The lowest BCUT2D eigenvalue weighted by atomic mass is 10.0. The number of aliphatic hydroxyl groups excluding tert-OH is 1. The average Bonchev–Trinajstić information content (AvgIpc) is 2.78. The van der Waals surface area contributed by atoms with Crippen LogP contribution in [0, 0.1) is 17.2 Å². The van der Waals surface area contributed by atoms with Gasteiger partial charge in [-0.05, 0) is 37.6 Å². The van der Waals surface area contributed by atoms with E-state index in [-0.39, 0.29) is 6.10 Å². The fourth-order valence-electron chi connectivity index (χ4n) is 2.16. The Morgan fingerprint density at radius 1 is 1.44 bits per heavy atom. The van der Waals surface area contributed by atoms with Crippen molar-refractivity contribution >= 4 is 5.69 Å². The average molecular weight is 216 g/mol. The molecule has 1 N–H and O–H groups in total. The van der Waals surface area contributed by atoms with Crippen molar-refractivity contribution in [2.75, 3.05) is 18.0 Å². The molecule has 0 radical (unpaired) electrons. The molecule has 1 aromatic carbocycles. The molecule has 0 bridgehead atoms. The number of rotatable bonds is 2. The molecule has 3 heteroatoms. The summed E-state index contributed by atoms with van der Waals surface area (Å²) in [5.41, 5.74) is 1.83.